The number of carbonyl (C=O) groups excluding carboxylic acids is 1. The normalized spacial score (nSPS) is 21.4. The summed E-state index contributed by atoms with van der Waals surface area (Å²) in [5.41, 5.74) is 8.97. The lowest BCUT2D eigenvalue weighted by molar-refractivity contribution is -0.121. The summed E-state index contributed by atoms with van der Waals surface area (Å²) in [6.45, 7) is 0.520. The van der Waals surface area contributed by atoms with Gasteiger partial charge in [-0.1, -0.05) is 20.7 Å². The Labute approximate surface area is 59.6 Å². The van der Waals surface area contributed by atoms with Crippen molar-refractivity contribution in [2.24, 2.45) is 16.9 Å². The van der Waals surface area contributed by atoms with Crippen LogP contribution in [0.2, 0.25) is 0 Å². The minimum absolute atomic E-state index is 0.795. The summed E-state index contributed by atoms with van der Waals surface area (Å²) in [7, 11) is 0. The van der Waals surface area contributed by atoms with Crippen LogP contribution in [0.15, 0.2) is 0 Å². The van der Waals surface area contributed by atoms with Gasteiger partial charge in [0, 0.05) is 4.11 Å². The molecular weight excluding hydrogens is 116 g/mol. The molecule has 0 saturated heterocycles. The van der Waals surface area contributed by atoms with E-state index in [0.29, 0.717) is 0 Å². The van der Waals surface area contributed by atoms with Gasteiger partial charge in [-0.3, -0.25) is 4.79 Å². The summed E-state index contributed by atoms with van der Waals surface area (Å²) in [5, 5.41) is 0. The van der Waals surface area contributed by atoms with Gasteiger partial charge in [0.25, 0.3) is 0 Å². The average Bonchev–Trinajstić information content (AvgIpc) is 1.83. The van der Waals surface area contributed by atoms with E-state index in [9.17, 15) is 4.79 Å². The number of carbonyl (C=O) groups is 1. The van der Waals surface area contributed by atoms with Crippen LogP contribution in [0.1, 0.15) is 24.8 Å². The zero-order chi connectivity index (χ0) is 10.2. The molecule has 0 aromatic rings. The van der Waals surface area contributed by atoms with Gasteiger partial charge in [-0.25, -0.2) is 0 Å². The van der Waals surface area contributed by atoms with Crippen molar-refractivity contribution in [3.05, 3.63) is 0 Å². The average molecular weight is 133 g/mol. The van der Waals surface area contributed by atoms with Crippen LogP contribution in [0, 0.1) is 5.41 Å². The quantitative estimate of drug-likeness (QED) is 0.522. The van der Waals surface area contributed by atoms with Crippen molar-refractivity contribution in [3.8, 4) is 0 Å². The molecule has 4 N–H and O–H groups in total. The molecule has 0 heterocycles. The molecule has 54 valence electrons. The van der Waals surface area contributed by atoms with Crippen molar-refractivity contribution < 1.29 is 8.91 Å². The highest BCUT2D eigenvalue weighted by Crippen LogP contribution is 2.16. The Kier molecular flexibility index (Phi) is 1.12. The van der Waals surface area contributed by atoms with E-state index < -0.39 is 24.2 Å². The van der Waals surface area contributed by atoms with E-state index in [1.165, 1.54) is 13.8 Å². The summed E-state index contributed by atoms with van der Waals surface area (Å²) in [6, 6.07) is -1.15. The van der Waals surface area contributed by atoms with Crippen molar-refractivity contribution >= 4 is 5.91 Å². The van der Waals surface area contributed by atoms with E-state index in [-0.39, 0.29) is 0 Å². The monoisotopic (exact) mass is 133 g/mol. The van der Waals surface area contributed by atoms with E-state index >= 15 is 0 Å². The van der Waals surface area contributed by atoms with Crippen LogP contribution in [0.3, 0.4) is 0 Å². The van der Waals surface area contributed by atoms with Gasteiger partial charge in [0.1, 0.15) is 0 Å². The van der Waals surface area contributed by atoms with Gasteiger partial charge < -0.3 is 11.5 Å². The maximum atomic E-state index is 10.6. The topological polar surface area (TPSA) is 69.1 Å². The molecule has 0 aliphatic rings. The molecule has 1 atom stereocenters. The van der Waals surface area contributed by atoms with Crippen molar-refractivity contribution in [1.29, 1.82) is 0 Å². The molecule has 0 saturated carbocycles. The van der Waals surface area contributed by atoms with Gasteiger partial charge >= 0.3 is 0 Å². The molecule has 0 aliphatic carbocycles. The van der Waals surface area contributed by atoms with E-state index in [1.807, 2.05) is 0 Å². The highest BCUT2D eigenvalue weighted by molar-refractivity contribution is 5.80. The number of nitrogens with two attached hydrogens (primary N) is 2. The van der Waals surface area contributed by atoms with E-state index in [1.54, 1.807) is 0 Å². The van der Waals surface area contributed by atoms with Gasteiger partial charge in [-0.15, -0.1) is 0 Å². The molecule has 0 rings (SSSR count). The molecule has 0 spiro atoms. The third kappa shape index (κ3) is 2.46. The number of rotatable bonds is 1. The molecule has 0 unspecified atom stereocenters. The molecule has 3 heteroatoms. The predicted molar refractivity (Wildman–Crippen MR) is 36.6 cm³/mol. The first-order valence-corrected chi connectivity index (χ1v) is 2.65. The fourth-order valence-electron chi connectivity index (χ4n) is 0.356. The maximum Gasteiger partial charge on any atom is 0.234 e. The van der Waals surface area contributed by atoms with Crippen LogP contribution in [-0.4, -0.2) is 11.9 Å². The van der Waals surface area contributed by atoms with Crippen LogP contribution >= 0.6 is 0 Å². The summed E-state index contributed by atoms with van der Waals surface area (Å²) in [6.07, 6.45) is 0. The Morgan fingerprint density at radius 2 is 2.22 bits per heavy atom. The van der Waals surface area contributed by atoms with Crippen LogP contribution in [0.25, 0.3) is 0 Å². The molecule has 0 aromatic heterocycles. The number of amides is 1. The zero-order valence-electron chi connectivity index (χ0n) is 8.64. The lowest BCUT2D eigenvalue weighted by atomic mass is 9.87. The summed E-state index contributed by atoms with van der Waals surface area (Å²) < 4.78 is 21.3. The fraction of sp³-hybridized carbons (Fsp3) is 0.833. The van der Waals surface area contributed by atoms with E-state index in [0.717, 1.165) is 0 Å². The fourth-order valence-corrected chi connectivity index (χ4v) is 0.356. The first kappa shape index (κ1) is 4.28. The largest absolute Gasteiger partial charge is 0.368 e. The molecular formula is C6H14N2O. The van der Waals surface area contributed by atoms with Crippen LogP contribution < -0.4 is 11.5 Å². The number of primary amides is 1. The first-order chi connectivity index (χ1) is 5.10. The second-order valence-corrected chi connectivity index (χ2v) is 2.60. The molecule has 3 nitrogen and oxygen atoms in total. The van der Waals surface area contributed by atoms with E-state index in [4.69, 9.17) is 15.6 Å². The summed E-state index contributed by atoms with van der Waals surface area (Å²) in [5.74, 6) is -0.795. The molecule has 0 aliphatic heterocycles. The van der Waals surface area contributed by atoms with E-state index in [2.05, 4.69) is 0 Å². The second-order valence-electron chi connectivity index (χ2n) is 2.60. The Balaban J connectivity index is 4.73. The Bertz CT molecular complexity index is 188. The maximum absolute atomic E-state index is 10.6. The standard InChI is InChI=1S/C6H14N2O/c1-6(2,3)4(7)5(8)9/h4H,7H2,1-3H3,(H2,8,9)/t4-/m1/s1/i1D3. The van der Waals surface area contributed by atoms with Crippen molar-refractivity contribution in [2.45, 2.75) is 26.7 Å². The molecule has 0 radical (unpaired) electrons. The second kappa shape index (κ2) is 2.35. The predicted octanol–water partition coefficient (Wildman–Crippen LogP) is -0.155. The summed E-state index contributed by atoms with van der Waals surface area (Å²) >= 11 is 0. The Hall–Kier alpha value is -0.570. The highest BCUT2D eigenvalue weighted by atomic mass is 16.1. The lowest BCUT2D eigenvalue weighted by Gasteiger charge is -2.23. The molecule has 0 fully saturated rings. The molecule has 1 amide bonds. The highest BCUT2D eigenvalue weighted by Gasteiger charge is 2.24. The van der Waals surface area contributed by atoms with Crippen molar-refractivity contribution in [3.63, 3.8) is 0 Å². The smallest absolute Gasteiger partial charge is 0.234 e. The molecule has 0 bridgehead atoms. The first-order valence-electron chi connectivity index (χ1n) is 4.15. The van der Waals surface area contributed by atoms with Gasteiger partial charge in [0.15, 0.2) is 0 Å². The van der Waals surface area contributed by atoms with Crippen molar-refractivity contribution in [2.75, 3.05) is 0 Å². The minimum atomic E-state index is -2.28. The Morgan fingerprint density at radius 1 is 1.78 bits per heavy atom. The number of hydrogen-bond acceptors (Lipinski definition) is 2. The SMILES string of the molecule is [2H]C([2H])([2H])C(C)(C)[C@H](N)C(N)=O. The van der Waals surface area contributed by atoms with Crippen molar-refractivity contribution in [1.82, 2.24) is 0 Å². The van der Waals surface area contributed by atoms with Crippen LogP contribution in [0.5, 0.6) is 0 Å². The zero-order valence-corrected chi connectivity index (χ0v) is 5.64. The minimum Gasteiger partial charge on any atom is -0.368 e. The summed E-state index contributed by atoms with van der Waals surface area (Å²) in [4.78, 5) is 10.6. The van der Waals surface area contributed by atoms with Gasteiger partial charge in [-0.05, 0) is 5.41 Å². The van der Waals surface area contributed by atoms with Gasteiger partial charge in [-0.2, -0.15) is 0 Å². The lowest BCUT2D eigenvalue weighted by Crippen LogP contribution is -2.46. The molecule has 9 heavy (non-hydrogen) atoms. The third-order valence-electron chi connectivity index (χ3n) is 1.08. The third-order valence-corrected chi connectivity index (χ3v) is 1.08. The Morgan fingerprint density at radius 3 is 2.33 bits per heavy atom. The van der Waals surface area contributed by atoms with Crippen LogP contribution in [0.4, 0.5) is 0 Å². The van der Waals surface area contributed by atoms with Crippen LogP contribution in [-0.2, 0) is 4.79 Å². The number of hydrogen-bond donors (Lipinski definition) is 2. The van der Waals surface area contributed by atoms with Gasteiger partial charge in [0.05, 0.1) is 6.04 Å². The molecule has 0 aromatic carbocycles. The van der Waals surface area contributed by atoms with Gasteiger partial charge in [0.2, 0.25) is 5.91 Å².